The second kappa shape index (κ2) is 9.18. The van der Waals surface area contributed by atoms with Crippen LogP contribution in [0.4, 0.5) is 11.6 Å². The molecule has 2 aliphatic rings. The number of carbonyl (C=O) groups excluding carboxylic acids is 1. The lowest BCUT2D eigenvalue weighted by Crippen LogP contribution is -2.30. The number of thiazole rings is 1. The first-order valence-electron chi connectivity index (χ1n) is 12.3. The molecule has 3 aromatic heterocycles. The van der Waals surface area contributed by atoms with Gasteiger partial charge in [0.1, 0.15) is 10.5 Å². The topological polar surface area (TPSA) is 94.9 Å². The second-order valence-electron chi connectivity index (χ2n) is 9.51. The summed E-state index contributed by atoms with van der Waals surface area (Å²) in [6.45, 7) is 4.64. The predicted molar refractivity (Wildman–Crippen MR) is 141 cm³/mol. The number of hydrogen-bond donors (Lipinski definition) is 2. The number of carbonyl (C=O) groups is 1. The van der Waals surface area contributed by atoms with Gasteiger partial charge in [0.2, 0.25) is 17.3 Å². The van der Waals surface area contributed by atoms with E-state index in [4.69, 9.17) is 4.98 Å². The molecule has 35 heavy (non-hydrogen) atoms. The van der Waals surface area contributed by atoms with E-state index < -0.39 is 0 Å². The van der Waals surface area contributed by atoms with Crippen molar-refractivity contribution in [1.29, 1.82) is 0 Å². The molecule has 2 fully saturated rings. The van der Waals surface area contributed by atoms with Gasteiger partial charge in [0, 0.05) is 38.3 Å². The van der Waals surface area contributed by atoms with Crippen molar-refractivity contribution in [2.45, 2.75) is 31.7 Å². The number of nitrogens with one attached hydrogen (secondary N) is 2. The van der Waals surface area contributed by atoms with Gasteiger partial charge in [-0.2, -0.15) is 4.98 Å². The molecule has 2 N–H and O–H groups in total. The molecule has 4 aromatic rings. The minimum Gasteiger partial charge on any atom is -0.339 e. The van der Waals surface area contributed by atoms with Crippen LogP contribution < -0.4 is 21.0 Å². The number of aromatic nitrogens is 3. The molecule has 1 unspecified atom stereocenters. The normalized spacial score (nSPS) is 19.6. The van der Waals surface area contributed by atoms with Gasteiger partial charge in [-0.15, -0.1) is 11.3 Å². The highest BCUT2D eigenvalue weighted by Crippen LogP contribution is 2.33. The molecule has 9 nitrogen and oxygen atoms in total. The Morgan fingerprint density at radius 3 is 2.94 bits per heavy atom. The minimum atomic E-state index is -0.235. The molecule has 1 amide bonds. The highest BCUT2D eigenvalue weighted by molar-refractivity contribution is 7.24. The van der Waals surface area contributed by atoms with E-state index in [2.05, 4.69) is 32.5 Å². The zero-order valence-corrected chi connectivity index (χ0v) is 20.6. The van der Waals surface area contributed by atoms with Crippen LogP contribution in [-0.4, -0.2) is 71.0 Å². The van der Waals surface area contributed by atoms with Crippen molar-refractivity contribution in [2.24, 2.45) is 0 Å². The summed E-state index contributed by atoms with van der Waals surface area (Å²) >= 11 is 1.50. The van der Waals surface area contributed by atoms with Gasteiger partial charge < -0.3 is 20.4 Å². The molecule has 0 saturated carbocycles. The number of anilines is 2. The van der Waals surface area contributed by atoms with E-state index >= 15 is 0 Å². The zero-order valence-electron chi connectivity index (χ0n) is 19.8. The maximum absolute atomic E-state index is 13.6. The molecule has 1 atom stereocenters. The summed E-state index contributed by atoms with van der Waals surface area (Å²) in [4.78, 5) is 41.3. The third-order valence-corrected chi connectivity index (χ3v) is 8.18. The molecule has 1 aromatic carbocycles. The lowest BCUT2D eigenvalue weighted by Gasteiger charge is -2.20. The highest BCUT2D eigenvalue weighted by atomic mass is 32.1. The van der Waals surface area contributed by atoms with Gasteiger partial charge in [0.05, 0.1) is 15.6 Å². The van der Waals surface area contributed by atoms with Crippen LogP contribution in [0.3, 0.4) is 0 Å². The van der Waals surface area contributed by atoms with Gasteiger partial charge in [0.25, 0.3) is 0 Å². The summed E-state index contributed by atoms with van der Waals surface area (Å²) in [5.41, 5.74) is 1.63. The number of pyridine rings is 1. The number of amides is 1. The predicted octanol–water partition coefficient (Wildman–Crippen LogP) is 2.68. The van der Waals surface area contributed by atoms with Gasteiger partial charge in [-0.05, 0) is 51.5 Å². The fourth-order valence-corrected chi connectivity index (χ4v) is 6.28. The lowest BCUT2D eigenvalue weighted by atomic mass is 10.1. The molecule has 2 saturated heterocycles. The van der Waals surface area contributed by atoms with Crippen molar-refractivity contribution in [1.82, 2.24) is 24.6 Å². The van der Waals surface area contributed by atoms with Gasteiger partial charge in [0.15, 0.2) is 5.65 Å². The van der Waals surface area contributed by atoms with Gasteiger partial charge >= 0.3 is 0 Å². The quantitative estimate of drug-likeness (QED) is 0.453. The van der Waals surface area contributed by atoms with Crippen molar-refractivity contribution in [2.75, 3.05) is 50.0 Å². The van der Waals surface area contributed by atoms with Crippen LogP contribution in [0.1, 0.15) is 25.7 Å². The van der Waals surface area contributed by atoms with Crippen LogP contribution in [0, 0.1) is 0 Å². The molecule has 0 aliphatic carbocycles. The van der Waals surface area contributed by atoms with Gasteiger partial charge in [-0.25, -0.2) is 4.98 Å². The number of fused-ring (bicyclic) bond motifs is 5. The fraction of sp³-hybridized carbons (Fsp3) is 0.440. The first-order chi connectivity index (χ1) is 17.1. The Hall–Kier alpha value is -3.08. The Kier molecular flexibility index (Phi) is 5.87. The Bertz CT molecular complexity index is 1470. The van der Waals surface area contributed by atoms with E-state index in [0.717, 1.165) is 62.2 Å². The Morgan fingerprint density at radius 1 is 1.20 bits per heavy atom. The summed E-state index contributed by atoms with van der Waals surface area (Å²) in [7, 11) is 2.13. The van der Waals surface area contributed by atoms with E-state index in [0.29, 0.717) is 33.9 Å². The third-order valence-electron chi connectivity index (χ3n) is 7.03. The van der Waals surface area contributed by atoms with Crippen molar-refractivity contribution in [3.05, 3.63) is 40.7 Å². The molecule has 0 bridgehead atoms. The number of para-hydroxylation sites is 1. The van der Waals surface area contributed by atoms with Crippen LogP contribution in [-0.2, 0) is 4.79 Å². The van der Waals surface area contributed by atoms with Crippen molar-refractivity contribution in [3.8, 4) is 0 Å². The van der Waals surface area contributed by atoms with E-state index in [1.54, 1.807) is 6.20 Å². The average Bonchev–Trinajstić information content (AvgIpc) is 3.45. The lowest BCUT2D eigenvalue weighted by molar-refractivity contribution is -0.116. The number of benzene rings is 1. The van der Waals surface area contributed by atoms with Crippen LogP contribution >= 0.6 is 11.3 Å². The number of nitrogens with zero attached hydrogens (tertiary/aromatic N) is 5. The number of rotatable bonds is 4. The van der Waals surface area contributed by atoms with Crippen LogP contribution in [0.2, 0.25) is 0 Å². The SMILES string of the molecule is CN1CCCN(c2ncc3c(=O)c(NC(=O)CC4CCCN4)c4sc5ccccc5n4c3n2)CC1. The molecule has 0 radical (unpaired) electrons. The molecular weight excluding hydrogens is 462 g/mol. The largest absolute Gasteiger partial charge is 0.339 e. The second-order valence-corrected chi connectivity index (χ2v) is 10.5. The summed E-state index contributed by atoms with van der Waals surface area (Å²) in [5.74, 6) is 0.492. The van der Waals surface area contributed by atoms with Crippen molar-refractivity contribution < 1.29 is 4.79 Å². The van der Waals surface area contributed by atoms with E-state index in [-0.39, 0.29) is 17.4 Å². The molecule has 0 spiro atoms. The summed E-state index contributed by atoms with van der Waals surface area (Å²) < 4.78 is 3.04. The van der Waals surface area contributed by atoms with E-state index in [1.165, 1.54) is 11.3 Å². The summed E-state index contributed by atoms with van der Waals surface area (Å²) in [6.07, 6.45) is 5.07. The Labute approximate surface area is 206 Å². The van der Waals surface area contributed by atoms with Crippen LogP contribution in [0.15, 0.2) is 35.3 Å². The van der Waals surface area contributed by atoms with Crippen LogP contribution in [0.5, 0.6) is 0 Å². The first kappa shape index (κ1) is 22.4. The first-order valence-corrected chi connectivity index (χ1v) is 13.1. The Morgan fingerprint density at radius 2 is 2.09 bits per heavy atom. The standard InChI is InChI=1S/C25H29N7O2S/c1-30-10-5-11-31(13-12-30)25-27-15-17-22(34)21(28-20(33)14-16-6-4-9-26-16)24-32(23(17)29-25)18-7-2-3-8-19(18)35-24/h2-3,7-8,15-16,26H,4-6,9-14H2,1H3,(H,28,33). The molecule has 5 heterocycles. The van der Waals surface area contributed by atoms with Crippen molar-refractivity contribution in [3.63, 3.8) is 0 Å². The maximum atomic E-state index is 13.6. The van der Waals surface area contributed by atoms with Gasteiger partial charge in [-0.3, -0.25) is 14.0 Å². The molecule has 10 heteroatoms. The maximum Gasteiger partial charge on any atom is 0.227 e. The summed E-state index contributed by atoms with van der Waals surface area (Å²) in [5, 5.41) is 6.72. The summed E-state index contributed by atoms with van der Waals surface area (Å²) in [6, 6.07) is 8.19. The van der Waals surface area contributed by atoms with E-state index in [1.807, 2.05) is 28.7 Å². The van der Waals surface area contributed by atoms with Crippen molar-refractivity contribution >= 4 is 55.0 Å². The number of hydrogen-bond acceptors (Lipinski definition) is 8. The van der Waals surface area contributed by atoms with E-state index in [9.17, 15) is 9.59 Å². The smallest absolute Gasteiger partial charge is 0.227 e. The number of likely N-dealkylation sites (N-methyl/N-ethyl adjacent to an activating group) is 1. The molecule has 6 rings (SSSR count). The monoisotopic (exact) mass is 491 g/mol. The Balaban J connectivity index is 1.49. The average molecular weight is 492 g/mol. The molecule has 2 aliphatic heterocycles. The van der Waals surface area contributed by atoms with Crippen LogP contribution in [0.25, 0.3) is 26.1 Å². The zero-order chi connectivity index (χ0) is 23.9. The highest BCUT2D eigenvalue weighted by Gasteiger charge is 2.23. The third kappa shape index (κ3) is 4.15. The van der Waals surface area contributed by atoms with Gasteiger partial charge in [-0.1, -0.05) is 12.1 Å². The molecule has 182 valence electrons. The molecular formula is C25H29N7O2S. The minimum absolute atomic E-state index is 0.147. The fourth-order valence-electron chi connectivity index (χ4n) is 5.14.